The molecule has 2 rings (SSSR count). The second-order valence-corrected chi connectivity index (χ2v) is 5.19. The van der Waals surface area contributed by atoms with Crippen molar-refractivity contribution in [1.82, 2.24) is 4.90 Å². The van der Waals surface area contributed by atoms with Gasteiger partial charge in [-0.25, -0.2) is 4.79 Å². The maximum atomic E-state index is 12.5. The highest BCUT2D eigenvalue weighted by Gasteiger charge is 2.33. The van der Waals surface area contributed by atoms with Gasteiger partial charge in [-0.05, 0) is 24.6 Å². The lowest BCUT2D eigenvalue weighted by Crippen LogP contribution is -2.52. The van der Waals surface area contributed by atoms with Gasteiger partial charge in [-0.2, -0.15) is 0 Å². The number of morpholine rings is 1. The second kappa shape index (κ2) is 5.71. The van der Waals surface area contributed by atoms with E-state index in [4.69, 9.17) is 9.84 Å². The molecule has 1 aromatic rings. The molecule has 1 fully saturated rings. The molecular weight excluding hydrogens is 314 g/mol. The summed E-state index contributed by atoms with van der Waals surface area (Å²) >= 11 is 3.37. The Labute approximate surface area is 119 Å². The molecule has 1 aliphatic rings. The molecule has 0 bridgehead atoms. The number of hydrogen-bond donors (Lipinski definition) is 1. The van der Waals surface area contributed by atoms with E-state index in [1.165, 1.54) is 4.90 Å². The van der Waals surface area contributed by atoms with Crippen LogP contribution in [0.5, 0.6) is 0 Å². The van der Waals surface area contributed by atoms with Crippen LogP contribution in [0.15, 0.2) is 22.7 Å². The average molecular weight is 328 g/mol. The van der Waals surface area contributed by atoms with Gasteiger partial charge in [0, 0.05) is 16.6 Å². The van der Waals surface area contributed by atoms with Crippen molar-refractivity contribution in [3.05, 3.63) is 33.8 Å². The smallest absolute Gasteiger partial charge is 0.328 e. The van der Waals surface area contributed by atoms with Crippen molar-refractivity contribution in [2.75, 3.05) is 19.8 Å². The van der Waals surface area contributed by atoms with E-state index < -0.39 is 12.0 Å². The zero-order valence-corrected chi connectivity index (χ0v) is 12.0. The van der Waals surface area contributed by atoms with Crippen LogP contribution in [0.4, 0.5) is 0 Å². The van der Waals surface area contributed by atoms with Crippen molar-refractivity contribution < 1.29 is 19.4 Å². The van der Waals surface area contributed by atoms with E-state index in [2.05, 4.69) is 15.9 Å². The van der Waals surface area contributed by atoms with Gasteiger partial charge in [0.2, 0.25) is 0 Å². The predicted molar refractivity (Wildman–Crippen MR) is 72.2 cm³/mol. The molecular formula is C13H14BrNO4. The highest BCUT2D eigenvalue weighted by molar-refractivity contribution is 9.10. The van der Waals surface area contributed by atoms with E-state index in [-0.39, 0.29) is 12.5 Å². The van der Waals surface area contributed by atoms with E-state index in [1.807, 2.05) is 13.0 Å². The van der Waals surface area contributed by atoms with E-state index >= 15 is 0 Å². The van der Waals surface area contributed by atoms with Gasteiger partial charge in [0.1, 0.15) is 0 Å². The number of amides is 1. The number of hydrogen-bond acceptors (Lipinski definition) is 3. The molecule has 0 spiro atoms. The number of halogens is 1. The molecule has 1 heterocycles. The summed E-state index contributed by atoms with van der Waals surface area (Å²) in [5, 5.41) is 9.15. The summed E-state index contributed by atoms with van der Waals surface area (Å²) in [6.45, 7) is 2.52. The normalized spacial score (nSPS) is 19.3. The number of benzene rings is 1. The van der Waals surface area contributed by atoms with Gasteiger partial charge in [0.15, 0.2) is 6.04 Å². The van der Waals surface area contributed by atoms with Gasteiger partial charge in [0.25, 0.3) is 5.91 Å². The second-order valence-electron chi connectivity index (χ2n) is 4.34. The van der Waals surface area contributed by atoms with Crippen LogP contribution in [0.25, 0.3) is 0 Å². The molecule has 0 unspecified atom stereocenters. The first kappa shape index (κ1) is 14.0. The molecule has 0 radical (unpaired) electrons. The van der Waals surface area contributed by atoms with Crippen molar-refractivity contribution >= 4 is 27.8 Å². The molecule has 0 saturated carbocycles. The van der Waals surface area contributed by atoms with E-state index in [1.54, 1.807) is 12.1 Å². The van der Waals surface area contributed by atoms with E-state index in [0.717, 1.165) is 10.0 Å². The van der Waals surface area contributed by atoms with Crippen molar-refractivity contribution in [3.63, 3.8) is 0 Å². The summed E-state index contributed by atoms with van der Waals surface area (Å²) in [7, 11) is 0. The lowest BCUT2D eigenvalue weighted by molar-refractivity contribution is -0.147. The molecule has 1 saturated heterocycles. The Balaban J connectivity index is 2.31. The van der Waals surface area contributed by atoms with E-state index in [9.17, 15) is 9.59 Å². The Kier molecular flexibility index (Phi) is 4.21. The van der Waals surface area contributed by atoms with Crippen LogP contribution in [-0.2, 0) is 9.53 Å². The van der Waals surface area contributed by atoms with Crippen LogP contribution in [-0.4, -0.2) is 47.7 Å². The van der Waals surface area contributed by atoms with Gasteiger partial charge in [0.05, 0.1) is 13.2 Å². The van der Waals surface area contributed by atoms with Crippen molar-refractivity contribution in [2.24, 2.45) is 0 Å². The summed E-state index contributed by atoms with van der Waals surface area (Å²) in [5.41, 5.74) is 1.32. The van der Waals surface area contributed by atoms with Gasteiger partial charge >= 0.3 is 5.97 Å². The fourth-order valence-electron chi connectivity index (χ4n) is 2.05. The van der Waals surface area contributed by atoms with Gasteiger partial charge in [-0.1, -0.05) is 22.0 Å². The molecule has 1 aromatic carbocycles. The number of carbonyl (C=O) groups excluding carboxylic acids is 1. The highest BCUT2D eigenvalue weighted by atomic mass is 79.9. The zero-order chi connectivity index (χ0) is 14.0. The fourth-order valence-corrected chi connectivity index (χ4v) is 2.41. The third kappa shape index (κ3) is 2.79. The molecule has 1 N–H and O–H groups in total. The van der Waals surface area contributed by atoms with Gasteiger partial charge in [-0.3, -0.25) is 4.79 Å². The Hall–Kier alpha value is -1.40. The number of carbonyl (C=O) groups is 2. The minimum atomic E-state index is -1.04. The van der Waals surface area contributed by atoms with Crippen LogP contribution >= 0.6 is 15.9 Å². The first-order chi connectivity index (χ1) is 9.02. The number of ether oxygens (including phenoxy) is 1. The van der Waals surface area contributed by atoms with Crippen LogP contribution in [0.1, 0.15) is 15.9 Å². The molecule has 1 amide bonds. The number of carboxylic acid groups (broad SMARTS) is 1. The highest BCUT2D eigenvalue weighted by Crippen LogP contribution is 2.22. The zero-order valence-electron chi connectivity index (χ0n) is 10.4. The van der Waals surface area contributed by atoms with Crippen molar-refractivity contribution in [3.8, 4) is 0 Å². The maximum absolute atomic E-state index is 12.5. The summed E-state index contributed by atoms with van der Waals surface area (Å²) in [4.78, 5) is 25.0. The van der Waals surface area contributed by atoms with Crippen LogP contribution in [0.3, 0.4) is 0 Å². The van der Waals surface area contributed by atoms with Gasteiger partial charge in [-0.15, -0.1) is 0 Å². The molecule has 102 valence electrons. The number of rotatable bonds is 2. The summed E-state index contributed by atoms with van der Waals surface area (Å²) < 4.78 is 5.96. The lowest BCUT2D eigenvalue weighted by atomic mass is 10.1. The Morgan fingerprint density at radius 3 is 2.89 bits per heavy atom. The topological polar surface area (TPSA) is 66.8 Å². The largest absolute Gasteiger partial charge is 0.480 e. The lowest BCUT2D eigenvalue weighted by Gasteiger charge is -2.33. The third-order valence-electron chi connectivity index (χ3n) is 3.17. The molecule has 0 aromatic heterocycles. The number of nitrogens with zero attached hydrogens (tertiary/aromatic N) is 1. The summed E-state index contributed by atoms with van der Waals surface area (Å²) in [6, 6.07) is 4.40. The first-order valence-corrected chi connectivity index (χ1v) is 6.68. The third-order valence-corrected chi connectivity index (χ3v) is 4.03. The Morgan fingerprint density at radius 1 is 1.47 bits per heavy atom. The predicted octanol–water partition coefficient (Wildman–Crippen LogP) is 1.68. The molecule has 5 nitrogen and oxygen atoms in total. The van der Waals surface area contributed by atoms with Crippen LogP contribution in [0, 0.1) is 6.92 Å². The monoisotopic (exact) mass is 327 g/mol. The molecule has 1 aliphatic heterocycles. The Morgan fingerprint density at radius 2 is 2.21 bits per heavy atom. The van der Waals surface area contributed by atoms with Crippen LogP contribution in [0.2, 0.25) is 0 Å². The standard InChI is InChI=1S/C13H14BrNO4/c1-8-9(3-2-4-10(8)14)12(16)15-5-6-19-7-11(15)13(17)18/h2-4,11H,5-7H2,1H3,(H,17,18)/t11-/m0/s1. The molecule has 6 heteroatoms. The fraction of sp³-hybridized carbons (Fsp3) is 0.385. The number of aliphatic carboxylic acids is 1. The summed E-state index contributed by atoms with van der Waals surface area (Å²) in [6.07, 6.45) is 0. The number of carboxylic acids is 1. The Bertz CT molecular complexity index is 517. The average Bonchev–Trinajstić information content (AvgIpc) is 2.41. The van der Waals surface area contributed by atoms with Crippen molar-refractivity contribution in [2.45, 2.75) is 13.0 Å². The quantitative estimate of drug-likeness (QED) is 0.897. The maximum Gasteiger partial charge on any atom is 0.328 e. The molecule has 0 aliphatic carbocycles. The minimum Gasteiger partial charge on any atom is -0.480 e. The SMILES string of the molecule is Cc1c(Br)cccc1C(=O)N1CCOC[C@H]1C(=O)O. The van der Waals surface area contributed by atoms with Gasteiger partial charge < -0.3 is 14.7 Å². The molecule has 19 heavy (non-hydrogen) atoms. The summed E-state index contributed by atoms with van der Waals surface area (Å²) in [5.74, 6) is -1.31. The van der Waals surface area contributed by atoms with Crippen LogP contribution < -0.4 is 0 Å². The molecule has 1 atom stereocenters. The first-order valence-electron chi connectivity index (χ1n) is 5.89. The van der Waals surface area contributed by atoms with Crippen molar-refractivity contribution in [1.29, 1.82) is 0 Å². The van der Waals surface area contributed by atoms with E-state index in [0.29, 0.717) is 18.7 Å². The minimum absolute atomic E-state index is 0.0358.